The van der Waals surface area contributed by atoms with E-state index in [0.29, 0.717) is 50.2 Å². The highest BCUT2D eigenvalue weighted by Gasteiger charge is 2.53. The third kappa shape index (κ3) is 3.15. The number of aromatic nitrogens is 3. The minimum absolute atomic E-state index is 0.134. The van der Waals surface area contributed by atoms with Crippen LogP contribution in [0.1, 0.15) is 42.6 Å². The fourth-order valence-corrected chi connectivity index (χ4v) is 3.97. The lowest BCUT2D eigenvalue weighted by atomic mass is 10.1. The largest absolute Gasteiger partial charge is 0.464 e. The number of nitriles is 1. The lowest BCUT2D eigenvalue weighted by Crippen LogP contribution is -2.57. The number of nitrogens with one attached hydrogen (secondary N) is 1. The van der Waals surface area contributed by atoms with Crippen LogP contribution in [0.25, 0.3) is 11.0 Å². The van der Waals surface area contributed by atoms with Gasteiger partial charge in [-0.05, 0) is 25.3 Å². The molecular weight excluding hydrogens is 360 g/mol. The summed E-state index contributed by atoms with van der Waals surface area (Å²) in [4.78, 5) is 40.3. The van der Waals surface area contributed by atoms with Crippen molar-refractivity contribution >= 4 is 28.7 Å². The van der Waals surface area contributed by atoms with Gasteiger partial charge in [0.05, 0.1) is 24.1 Å². The third-order valence-electron chi connectivity index (χ3n) is 5.57. The number of nitrogens with zero attached hydrogens (tertiary/aromatic N) is 5. The molecule has 146 valence electrons. The molecule has 9 heteroatoms. The normalized spacial score (nSPS) is 17.6. The molecule has 2 aliphatic rings. The van der Waals surface area contributed by atoms with Gasteiger partial charge in [0.1, 0.15) is 23.5 Å². The molecule has 0 radical (unpaired) electrons. The van der Waals surface area contributed by atoms with Crippen molar-refractivity contribution in [3.8, 4) is 6.07 Å². The third-order valence-corrected chi connectivity index (χ3v) is 5.57. The van der Waals surface area contributed by atoms with E-state index in [1.165, 1.54) is 13.4 Å². The molecule has 9 nitrogen and oxygen atoms in total. The number of piperazine rings is 1. The highest BCUT2D eigenvalue weighted by Crippen LogP contribution is 2.45. The Hall–Kier alpha value is -3.15. The van der Waals surface area contributed by atoms with E-state index in [4.69, 9.17) is 10.00 Å². The molecule has 2 fully saturated rings. The number of fused-ring (bicyclic) bond motifs is 1. The topological polar surface area (TPSA) is 115 Å². The second kappa shape index (κ2) is 7.11. The Labute approximate surface area is 162 Å². The Kier molecular flexibility index (Phi) is 4.63. The lowest BCUT2D eigenvalue weighted by molar-refractivity contribution is -0.135. The molecule has 1 saturated heterocycles. The maximum Gasteiger partial charge on any atom is 0.354 e. The van der Waals surface area contributed by atoms with Crippen molar-refractivity contribution in [3.05, 3.63) is 18.1 Å². The van der Waals surface area contributed by atoms with Gasteiger partial charge in [0, 0.05) is 32.5 Å². The molecule has 1 amide bonds. The van der Waals surface area contributed by atoms with Crippen LogP contribution < -0.4 is 4.90 Å². The summed E-state index contributed by atoms with van der Waals surface area (Å²) in [6.45, 7) is 2.00. The first-order valence-electron chi connectivity index (χ1n) is 9.42. The van der Waals surface area contributed by atoms with Crippen LogP contribution >= 0.6 is 0 Å². The molecule has 0 aromatic carbocycles. The molecule has 1 spiro atoms. The van der Waals surface area contributed by atoms with E-state index in [1.807, 2.05) is 4.90 Å². The van der Waals surface area contributed by atoms with Crippen LogP contribution in [0, 0.1) is 11.3 Å². The molecule has 2 aromatic rings. The van der Waals surface area contributed by atoms with Gasteiger partial charge >= 0.3 is 5.97 Å². The minimum atomic E-state index is -0.449. The van der Waals surface area contributed by atoms with Crippen molar-refractivity contribution in [2.24, 2.45) is 0 Å². The fourth-order valence-electron chi connectivity index (χ4n) is 3.97. The first-order chi connectivity index (χ1) is 13.6. The van der Waals surface area contributed by atoms with Gasteiger partial charge in [-0.2, -0.15) is 5.26 Å². The molecule has 0 atom stereocenters. The van der Waals surface area contributed by atoms with Gasteiger partial charge in [-0.15, -0.1) is 0 Å². The van der Waals surface area contributed by atoms with Crippen LogP contribution in [0.15, 0.2) is 12.4 Å². The summed E-state index contributed by atoms with van der Waals surface area (Å²) in [6.07, 6.45) is 4.87. The summed E-state index contributed by atoms with van der Waals surface area (Å²) in [6, 6.07) is 3.81. The average molecular weight is 382 g/mol. The number of ether oxygens (including phenoxy) is 1. The molecule has 3 heterocycles. The first-order valence-corrected chi connectivity index (χ1v) is 9.42. The predicted molar refractivity (Wildman–Crippen MR) is 101 cm³/mol. The zero-order chi connectivity index (χ0) is 19.7. The number of hydrogen-bond acceptors (Lipinski definition) is 7. The first kappa shape index (κ1) is 18.2. The number of carbonyl (C=O) groups is 2. The number of methoxy groups -OCH3 is 1. The Morgan fingerprint density at radius 3 is 2.89 bits per heavy atom. The molecule has 1 saturated carbocycles. The van der Waals surface area contributed by atoms with Crippen LogP contribution in [0.5, 0.6) is 0 Å². The van der Waals surface area contributed by atoms with Crippen LogP contribution in [-0.4, -0.2) is 64.0 Å². The van der Waals surface area contributed by atoms with Crippen molar-refractivity contribution in [3.63, 3.8) is 0 Å². The van der Waals surface area contributed by atoms with E-state index in [0.717, 1.165) is 24.0 Å². The lowest BCUT2D eigenvalue weighted by Gasteiger charge is -2.43. The van der Waals surface area contributed by atoms with E-state index in [-0.39, 0.29) is 11.4 Å². The van der Waals surface area contributed by atoms with Crippen molar-refractivity contribution in [1.29, 1.82) is 5.26 Å². The quantitative estimate of drug-likeness (QED) is 0.617. The molecule has 4 rings (SSSR count). The van der Waals surface area contributed by atoms with Crippen molar-refractivity contribution in [2.75, 3.05) is 31.6 Å². The van der Waals surface area contributed by atoms with E-state index in [1.54, 1.807) is 6.07 Å². The number of H-pyrrole nitrogens is 1. The molecule has 0 bridgehead atoms. The monoisotopic (exact) mass is 382 g/mol. The standard InChI is InChI=1S/C19H22N6O3/c1-28-18(27)14-10-13-16(23-14)21-12-22-17(13)24-8-9-25(19(11-24)5-6-19)15(26)4-2-3-7-20/h10,12H,2-6,8-9,11H2,1H3,(H,21,22,23). The Morgan fingerprint density at radius 1 is 1.36 bits per heavy atom. The van der Waals surface area contributed by atoms with Gasteiger partial charge in [-0.25, -0.2) is 14.8 Å². The molecular formula is C19H22N6O3. The number of carbonyl (C=O) groups excluding carboxylic acids is 2. The highest BCUT2D eigenvalue weighted by atomic mass is 16.5. The summed E-state index contributed by atoms with van der Waals surface area (Å²) in [7, 11) is 1.34. The van der Waals surface area contributed by atoms with E-state index >= 15 is 0 Å². The number of hydrogen-bond donors (Lipinski definition) is 1. The number of unbranched alkanes of at least 4 members (excludes halogenated alkanes) is 1. The number of amides is 1. The Morgan fingerprint density at radius 2 is 2.18 bits per heavy atom. The zero-order valence-electron chi connectivity index (χ0n) is 15.8. The molecule has 1 aliphatic heterocycles. The van der Waals surface area contributed by atoms with Crippen molar-refractivity contribution in [2.45, 2.75) is 37.6 Å². The molecule has 1 N–H and O–H groups in total. The fraction of sp³-hybridized carbons (Fsp3) is 0.526. The van der Waals surface area contributed by atoms with Gasteiger partial charge in [0.15, 0.2) is 0 Å². The molecule has 28 heavy (non-hydrogen) atoms. The second-order valence-electron chi connectivity index (χ2n) is 7.34. The minimum Gasteiger partial charge on any atom is -0.464 e. The maximum atomic E-state index is 12.6. The van der Waals surface area contributed by atoms with E-state index in [2.05, 4.69) is 25.9 Å². The van der Waals surface area contributed by atoms with Crippen LogP contribution in [0.4, 0.5) is 5.82 Å². The SMILES string of the molecule is COC(=O)c1cc2c(N3CCN(C(=O)CCCC#N)C4(CC4)C3)ncnc2[nH]1. The van der Waals surface area contributed by atoms with Crippen LogP contribution in [0.2, 0.25) is 0 Å². The molecule has 2 aromatic heterocycles. The Balaban J connectivity index is 1.55. The summed E-state index contributed by atoms with van der Waals surface area (Å²) in [5.41, 5.74) is 0.790. The van der Waals surface area contributed by atoms with E-state index in [9.17, 15) is 9.59 Å². The number of aromatic amines is 1. The zero-order valence-corrected chi connectivity index (χ0v) is 15.8. The number of anilines is 1. The van der Waals surface area contributed by atoms with Gasteiger partial charge < -0.3 is 19.5 Å². The number of esters is 1. The maximum absolute atomic E-state index is 12.6. The number of rotatable bonds is 5. The van der Waals surface area contributed by atoms with E-state index < -0.39 is 5.97 Å². The van der Waals surface area contributed by atoms with Gasteiger partial charge in [0.2, 0.25) is 5.91 Å². The van der Waals surface area contributed by atoms with Crippen molar-refractivity contribution in [1.82, 2.24) is 19.9 Å². The second-order valence-corrected chi connectivity index (χ2v) is 7.34. The summed E-state index contributed by atoms with van der Waals surface area (Å²) >= 11 is 0. The van der Waals surface area contributed by atoms with Gasteiger partial charge in [-0.1, -0.05) is 0 Å². The highest BCUT2D eigenvalue weighted by molar-refractivity contribution is 5.97. The molecule has 1 aliphatic carbocycles. The van der Waals surface area contributed by atoms with Gasteiger partial charge in [0.25, 0.3) is 0 Å². The summed E-state index contributed by atoms with van der Waals surface area (Å²) < 4.78 is 4.78. The van der Waals surface area contributed by atoms with Crippen LogP contribution in [0.3, 0.4) is 0 Å². The summed E-state index contributed by atoms with van der Waals surface area (Å²) in [5, 5.41) is 9.45. The van der Waals surface area contributed by atoms with Crippen molar-refractivity contribution < 1.29 is 14.3 Å². The van der Waals surface area contributed by atoms with Crippen LogP contribution in [-0.2, 0) is 9.53 Å². The predicted octanol–water partition coefficient (Wildman–Crippen LogP) is 1.62. The summed E-state index contributed by atoms with van der Waals surface area (Å²) in [5.74, 6) is 0.449. The van der Waals surface area contributed by atoms with Gasteiger partial charge in [-0.3, -0.25) is 4.79 Å². The average Bonchev–Trinajstić information content (AvgIpc) is 3.31. The Bertz CT molecular complexity index is 958. The smallest absolute Gasteiger partial charge is 0.354 e. The molecule has 0 unspecified atom stereocenters.